The maximum atomic E-state index is 12.6. The molecule has 4 nitrogen and oxygen atoms in total. The summed E-state index contributed by atoms with van der Waals surface area (Å²) in [6.07, 6.45) is 8.50. The van der Waals surface area contributed by atoms with Crippen molar-refractivity contribution in [2.45, 2.75) is 64.8 Å². The summed E-state index contributed by atoms with van der Waals surface area (Å²) < 4.78 is 0. The second-order valence-electron chi connectivity index (χ2n) is 7.55. The van der Waals surface area contributed by atoms with Gasteiger partial charge in [0.1, 0.15) is 0 Å². The van der Waals surface area contributed by atoms with E-state index < -0.39 is 0 Å². The van der Waals surface area contributed by atoms with Crippen molar-refractivity contribution in [3.8, 4) is 0 Å². The minimum Gasteiger partial charge on any atom is -0.368 e. The Hall–Kier alpha value is -1.71. The monoisotopic (exact) mass is 343 g/mol. The van der Waals surface area contributed by atoms with Crippen LogP contribution in [0.2, 0.25) is 0 Å². The number of nitrogens with zero attached hydrogens (tertiary/aromatic N) is 2. The zero-order valence-electron chi connectivity index (χ0n) is 15.9. The van der Waals surface area contributed by atoms with Gasteiger partial charge < -0.3 is 15.1 Å². The van der Waals surface area contributed by atoms with Gasteiger partial charge in [0, 0.05) is 37.9 Å². The van der Waals surface area contributed by atoms with Crippen LogP contribution in [0.3, 0.4) is 0 Å². The summed E-state index contributed by atoms with van der Waals surface area (Å²) in [7, 11) is 0. The van der Waals surface area contributed by atoms with E-state index in [2.05, 4.69) is 42.3 Å². The predicted octanol–water partition coefficient (Wildman–Crippen LogP) is 4.11. The smallest absolute Gasteiger partial charge is 0.317 e. The first-order valence-corrected chi connectivity index (χ1v) is 10.1. The van der Waals surface area contributed by atoms with Gasteiger partial charge in [-0.05, 0) is 37.3 Å². The summed E-state index contributed by atoms with van der Waals surface area (Å²) in [5.74, 6) is 0. The van der Waals surface area contributed by atoms with Crippen molar-refractivity contribution in [3.63, 3.8) is 0 Å². The van der Waals surface area contributed by atoms with Gasteiger partial charge in [0.25, 0.3) is 0 Å². The Labute approximate surface area is 152 Å². The predicted molar refractivity (Wildman–Crippen MR) is 104 cm³/mol. The fourth-order valence-electron chi connectivity index (χ4n) is 4.28. The van der Waals surface area contributed by atoms with Crippen LogP contribution in [-0.4, -0.2) is 43.2 Å². The molecule has 0 radical (unpaired) electrons. The largest absolute Gasteiger partial charge is 0.368 e. The van der Waals surface area contributed by atoms with Crippen molar-refractivity contribution < 1.29 is 4.79 Å². The highest BCUT2D eigenvalue weighted by Gasteiger charge is 2.25. The van der Waals surface area contributed by atoms with Gasteiger partial charge in [0.2, 0.25) is 0 Å². The number of carbonyl (C=O) groups is 1. The molecule has 2 amide bonds. The molecule has 2 aliphatic rings. The standard InChI is InChI=1S/C21H33N3O/c1-3-18-10-8-9-17(2)20(18)23-13-15-24(16-14-23)21(25)22-19-11-6-4-5-7-12-19/h8-10,19H,3-7,11-16H2,1-2H3,(H,22,25). The third-order valence-corrected chi connectivity index (χ3v) is 5.77. The molecule has 1 saturated heterocycles. The molecule has 0 bridgehead atoms. The lowest BCUT2D eigenvalue weighted by Gasteiger charge is -2.38. The number of urea groups is 1. The fraction of sp³-hybridized carbons (Fsp3) is 0.667. The molecule has 4 heteroatoms. The molecule has 0 unspecified atom stereocenters. The van der Waals surface area contributed by atoms with Gasteiger partial charge in [-0.25, -0.2) is 4.79 Å². The van der Waals surface area contributed by atoms with Crippen molar-refractivity contribution in [2.24, 2.45) is 0 Å². The van der Waals surface area contributed by atoms with E-state index in [1.165, 1.54) is 42.5 Å². The fourth-order valence-corrected chi connectivity index (χ4v) is 4.28. The summed E-state index contributed by atoms with van der Waals surface area (Å²) in [4.78, 5) is 17.1. The number of hydrogen-bond acceptors (Lipinski definition) is 2. The summed E-state index contributed by atoms with van der Waals surface area (Å²) >= 11 is 0. The maximum absolute atomic E-state index is 12.6. The van der Waals surface area contributed by atoms with Crippen LogP contribution < -0.4 is 10.2 Å². The molecule has 0 aromatic heterocycles. The Balaban J connectivity index is 1.55. The molecule has 1 aromatic rings. The number of amides is 2. The van der Waals surface area contributed by atoms with E-state index in [1.807, 2.05) is 4.90 Å². The summed E-state index contributed by atoms with van der Waals surface area (Å²) in [5.41, 5.74) is 4.14. The van der Waals surface area contributed by atoms with Crippen LogP contribution in [0.25, 0.3) is 0 Å². The number of para-hydroxylation sites is 1. The minimum absolute atomic E-state index is 0.145. The topological polar surface area (TPSA) is 35.6 Å². The molecule has 0 atom stereocenters. The second kappa shape index (κ2) is 8.59. The third kappa shape index (κ3) is 4.47. The second-order valence-corrected chi connectivity index (χ2v) is 7.55. The molecular weight excluding hydrogens is 310 g/mol. The summed E-state index contributed by atoms with van der Waals surface area (Å²) in [6, 6.07) is 7.10. The number of anilines is 1. The van der Waals surface area contributed by atoms with Crippen LogP contribution in [0.15, 0.2) is 18.2 Å². The van der Waals surface area contributed by atoms with Gasteiger partial charge in [-0.3, -0.25) is 0 Å². The molecule has 3 rings (SSSR count). The van der Waals surface area contributed by atoms with Crippen molar-refractivity contribution in [1.82, 2.24) is 10.2 Å². The van der Waals surface area contributed by atoms with Crippen molar-refractivity contribution in [2.75, 3.05) is 31.1 Å². The molecule has 1 aliphatic carbocycles. The van der Waals surface area contributed by atoms with Gasteiger partial charge in [0.05, 0.1) is 0 Å². The summed E-state index contributed by atoms with van der Waals surface area (Å²) in [5, 5.41) is 3.29. The Morgan fingerprint density at radius 1 is 1.08 bits per heavy atom. The third-order valence-electron chi connectivity index (χ3n) is 5.77. The Bertz CT molecular complexity index is 571. The Morgan fingerprint density at radius 2 is 1.76 bits per heavy atom. The number of rotatable bonds is 3. The molecule has 1 aliphatic heterocycles. The maximum Gasteiger partial charge on any atom is 0.317 e. The molecule has 1 saturated carbocycles. The first-order chi connectivity index (χ1) is 12.2. The van der Waals surface area contributed by atoms with Crippen molar-refractivity contribution >= 4 is 11.7 Å². The van der Waals surface area contributed by atoms with E-state index in [1.54, 1.807) is 0 Å². The normalized spacial score (nSPS) is 19.6. The Morgan fingerprint density at radius 3 is 2.40 bits per heavy atom. The summed E-state index contributed by atoms with van der Waals surface area (Å²) in [6.45, 7) is 7.90. The zero-order valence-corrected chi connectivity index (χ0v) is 15.9. The SMILES string of the molecule is CCc1cccc(C)c1N1CCN(C(=O)NC2CCCCCC2)CC1. The van der Waals surface area contributed by atoms with E-state index in [0.717, 1.165) is 45.4 Å². The lowest BCUT2D eigenvalue weighted by Crippen LogP contribution is -2.53. The van der Waals surface area contributed by atoms with Crippen LogP contribution in [-0.2, 0) is 6.42 Å². The Kier molecular flexibility index (Phi) is 6.22. The van der Waals surface area contributed by atoms with E-state index in [0.29, 0.717) is 6.04 Å². The number of hydrogen-bond donors (Lipinski definition) is 1. The van der Waals surface area contributed by atoms with E-state index in [9.17, 15) is 4.79 Å². The highest BCUT2D eigenvalue weighted by atomic mass is 16.2. The van der Waals surface area contributed by atoms with Gasteiger partial charge in [-0.2, -0.15) is 0 Å². The molecule has 2 fully saturated rings. The van der Waals surface area contributed by atoms with Crippen LogP contribution in [0.1, 0.15) is 56.6 Å². The molecule has 0 spiro atoms. The van der Waals surface area contributed by atoms with E-state index in [4.69, 9.17) is 0 Å². The van der Waals surface area contributed by atoms with E-state index in [-0.39, 0.29) is 6.03 Å². The first-order valence-electron chi connectivity index (χ1n) is 10.1. The zero-order chi connectivity index (χ0) is 17.6. The van der Waals surface area contributed by atoms with Gasteiger partial charge in [0.15, 0.2) is 0 Å². The van der Waals surface area contributed by atoms with Crippen LogP contribution in [0.4, 0.5) is 10.5 Å². The molecular formula is C21H33N3O. The van der Waals surface area contributed by atoms with Crippen LogP contribution in [0.5, 0.6) is 0 Å². The number of aryl methyl sites for hydroxylation is 2. The number of piperazine rings is 1. The number of carbonyl (C=O) groups excluding carboxylic acids is 1. The average Bonchev–Trinajstić information content (AvgIpc) is 2.90. The molecule has 25 heavy (non-hydrogen) atoms. The van der Waals surface area contributed by atoms with Gasteiger partial charge in [-0.15, -0.1) is 0 Å². The quantitative estimate of drug-likeness (QED) is 0.838. The average molecular weight is 344 g/mol. The van der Waals surface area contributed by atoms with Crippen molar-refractivity contribution in [1.29, 1.82) is 0 Å². The molecule has 1 heterocycles. The molecule has 1 aromatic carbocycles. The number of nitrogens with one attached hydrogen (secondary N) is 1. The lowest BCUT2D eigenvalue weighted by atomic mass is 10.0. The molecule has 1 N–H and O–H groups in total. The van der Waals surface area contributed by atoms with Crippen LogP contribution in [0, 0.1) is 6.92 Å². The molecule has 138 valence electrons. The lowest BCUT2D eigenvalue weighted by molar-refractivity contribution is 0.189. The number of benzene rings is 1. The first kappa shape index (κ1) is 18.1. The highest BCUT2D eigenvalue weighted by molar-refractivity contribution is 5.75. The van der Waals surface area contributed by atoms with Gasteiger partial charge >= 0.3 is 6.03 Å². The highest BCUT2D eigenvalue weighted by Crippen LogP contribution is 2.27. The van der Waals surface area contributed by atoms with Crippen LogP contribution >= 0.6 is 0 Å². The van der Waals surface area contributed by atoms with Gasteiger partial charge in [-0.1, -0.05) is 50.8 Å². The van der Waals surface area contributed by atoms with E-state index >= 15 is 0 Å². The van der Waals surface area contributed by atoms with Crippen molar-refractivity contribution in [3.05, 3.63) is 29.3 Å². The minimum atomic E-state index is 0.145.